The topological polar surface area (TPSA) is 66.5 Å². The highest BCUT2D eigenvalue weighted by Gasteiger charge is 2.04. The number of halogens is 1. The lowest BCUT2D eigenvalue weighted by Gasteiger charge is -2.06. The van der Waals surface area contributed by atoms with E-state index in [2.05, 4.69) is 31.4 Å². The minimum Gasteiger partial charge on any atom is -0.484 e. The molecule has 0 fully saturated rings. The number of H-pyrrole nitrogens is 1. The lowest BCUT2D eigenvalue weighted by molar-refractivity contribution is -0.123. The quantitative estimate of drug-likeness (QED) is 0.317. The van der Waals surface area contributed by atoms with E-state index in [-0.39, 0.29) is 12.5 Å². The van der Waals surface area contributed by atoms with Crippen molar-refractivity contribution >= 4 is 39.0 Å². The van der Waals surface area contributed by atoms with Gasteiger partial charge in [0.05, 0.1) is 6.21 Å². The van der Waals surface area contributed by atoms with E-state index in [9.17, 15) is 4.79 Å². The number of hydrazone groups is 1. The molecule has 0 saturated carbocycles. The van der Waals surface area contributed by atoms with E-state index in [0.29, 0.717) is 5.75 Å². The third kappa shape index (κ3) is 4.73. The fraction of sp³-hybridized carbons (Fsp3) is 0.0435. The Morgan fingerprint density at radius 2 is 1.79 bits per heavy atom. The van der Waals surface area contributed by atoms with Crippen LogP contribution in [-0.2, 0) is 4.79 Å². The predicted molar refractivity (Wildman–Crippen MR) is 119 cm³/mol. The predicted octanol–water partition coefficient (Wildman–Crippen LogP) is 5.13. The third-order valence-electron chi connectivity index (χ3n) is 4.40. The highest BCUT2D eigenvalue weighted by Crippen LogP contribution is 2.22. The Labute approximate surface area is 176 Å². The van der Waals surface area contributed by atoms with Crippen molar-refractivity contribution < 1.29 is 9.53 Å². The van der Waals surface area contributed by atoms with Crippen LogP contribution in [0, 0.1) is 0 Å². The van der Waals surface area contributed by atoms with Crippen molar-refractivity contribution in [2.24, 2.45) is 5.10 Å². The summed E-state index contributed by atoms with van der Waals surface area (Å²) in [6, 6.07) is 23.7. The number of aromatic nitrogens is 1. The van der Waals surface area contributed by atoms with Gasteiger partial charge in [0.1, 0.15) is 5.75 Å². The number of nitrogens with zero attached hydrogens (tertiary/aromatic N) is 1. The summed E-state index contributed by atoms with van der Waals surface area (Å²) in [6.45, 7) is -0.110. The van der Waals surface area contributed by atoms with Gasteiger partial charge >= 0.3 is 0 Å². The molecule has 1 aromatic heterocycles. The number of nitrogens with one attached hydrogen (secondary N) is 2. The van der Waals surface area contributed by atoms with Crippen molar-refractivity contribution in [1.82, 2.24) is 10.4 Å². The van der Waals surface area contributed by atoms with Crippen molar-refractivity contribution in [3.8, 4) is 16.9 Å². The summed E-state index contributed by atoms with van der Waals surface area (Å²) in [6.07, 6.45) is 3.45. The number of hydrogen-bond acceptors (Lipinski definition) is 3. The summed E-state index contributed by atoms with van der Waals surface area (Å²) in [5.41, 5.74) is 6.61. The van der Waals surface area contributed by atoms with Crippen LogP contribution in [0.4, 0.5) is 0 Å². The van der Waals surface area contributed by atoms with Crippen molar-refractivity contribution in [1.29, 1.82) is 0 Å². The van der Waals surface area contributed by atoms with Gasteiger partial charge in [-0.15, -0.1) is 0 Å². The minimum atomic E-state index is -0.325. The maximum absolute atomic E-state index is 12.0. The average Bonchev–Trinajstić information content (AvgIpc) is 3.15. The average molecular weight is 448 g/mol. The van der Waals surface area contributed by atoms with Crippen molar-refractivity contribution in [3.63, 3.8) is 0 Å². The molecule has 0 aliphatic rings. The van der Waals surface area contributed by atoms with E-state index in [1.165, 1.54) is 0 Å². The normalized spacial score (nSPS) is 11.1. The Hall–Kier alpha value is -3.38. The minimum absolute atomic E-state index is 0.110. The maximum Gasteiger partial charge on any atom is 0.277 e. The molecule has 0 atom stereocenters. The molecule has 1 amide bonds. The van der Waals surface area contributed by atoms with Crippen molar-refractivity contribution in [2.45, 2.75) is 0 Å². The van der Waals surface area contributed by atoms with Gasteiger partial charge in [0.15, 0.2) is 6.61 Å². The molecule has 144 valence electrons. The summed E-state index contributed by atoms with van der Waals surface area (Å²) >= 11 is 3.46. The number of benzene rings is 3. The molecule has 6 heteroatoms. The van der Waals surface area contributed by atoms with Gasteiger partial charge < -0.3 is 9.72 Å². The molecule has 0 spiro atoms. The molecule has 0 bridgehead atoms. The Balaban J connectivity index is 1.31. The van der Waals surface area contributed by atoms with Crippen LogP contribution in [0.3, 0.4) is 0 Å². The molecule has 0 aliphatic carbocycles. The number of rotatable bonds is 6. The van der Waals surface area contributed by atoms with Gasteiger partial charge in [0, 0.05) is 27.1 Å². The summed E-state index contributed by atoms with van der Waals surface area (Å²) < 4.78 is 6.52. The number of fused-ring (bicyclic) bond motifs is 1. The van der Waals surface area contributed by atoms with Gasteiger partial charge in [0.25, 0.3) is 5.91 Å². The SMILES string of the molecule is O=C(COc1ccc(-c2ccccc2)cc1)N/N=C\c1c[nH]c2ccc(Br)cc12. The van der Waals surface area contributed by atoms with Crippen LogP contribution in [0.5, 0.6) is 5.75 Å². The molecule has 3 aromatic carbocycles. The monoisotopic (exact) mass is 447 g/mol. The van der Waals surface area contributed by atoms with Crippen molar-refractivity contribution in [2.75, 3.05) is 6.61 Å². The third-order valence-corrected chi connectivity index (χ3v) is 4.89. The Bertz CT molecular complexity index is 1150. The smallest absolute Gasteiger partial charge is 0.277 e. The van der Waals surface area contributed by atoms with Crippen LogP contribution < -0.4 is 10.2 Å². The second kappa shape index (κ2) is 8.75. The van der Waals surface area contributed by atoms with Crippen LogP contribution >= 0.6 is 15.9 Å². The van der Waals surface area contributed by atoms with E-state index in [0.717, 1.165) is 32.1 Å². The summed E-state index contributed by atoms with van der Waals surface area (Å²) in [4.78, 5) is 15.2. The van der Waals surface area contributed by atoms with Gasteiger partial charge in [0.2, 0.25) is 0 Å². The fourth-order valence-corrected chi connectivity index (χ4v) is 3.31. The number of ether oxygens (including phenoxy) is 1. The standard InChI is InChI=1S/C23H18BrN3O2/c24-19-8-11-22-21(12-19)18(13-25-22)14-26-27-23(28)15-29-20-9-6-17(7-10-20)16-4-2-1-3-5-16/h1-14,25H,15H2,(H,27,28)/b26-14-. The van der Waals surface area contributed by atoms with Gasteiger partial charge in [-0.3, -0.25) is 4.79 Å². The van der Waals surface area contributed by atoms with Crippen LogP contribution in [0.25, 0.3) is 22.0 Å². The van der Waals surface area contributed by atoms with Gasteiger partial charge in [-0.25, -0.2) is 5.43 Å². The van der Waals surface area contributed by atoms with Gasteiger partial charge in [-0.1, -0.05) is 58.4 Å². The van der Waals surface area contributed by atoms with E-state index in [1.807, 2.05) is 79.0 Å². The van der Waals surface area contributed by atoms with E-state index >= 15 is 0 Å². The molecule has 0 unspecified atom stereocenters. The first-order valence-electron chi connectivity index (χ1n) is 9.06. The van der Waals surface area contributed by atoms with Crippen LogP contribution in [-0.4, -0.2) is 23.7 Å². The summed E-state index contributed by atoms with van der Waals surface area (Å²) in [5, 5.41) is 5.04. The van der Waals surface area contributed by atoms with Crippen molar-refractivity contribution in [3.05, 3.63) is 89.0 Å². The van der Waals surface area contributed by atoms with E-state index in [4.69, 9.17) is 4.74 Å². The number of hydrogen-bond donors (Lipinski definition) is 2. The molecule has 4 aromatic rings. The molecular formula is C23H18BrN3O2. The first-order chi connectivity index (χ1) is 14.2. The molecular weight excluding hydrogens is 430 g/mol. The molecule has 4 rings (SSSR count). The molecule has 29 heavy (non-hydrogen) atoms. The lowest BCUT2D eigenvalue weighted by atomic mass is 10.1. The number of carbonyl (C=O) groups excluding carboxylic acids is 1. The Kier molecular flexibility index (Phi) is 5.72. The second-order valence-electron chi connectivity index (χ2n) is 6.41. The summed E-state index contributed by atoms with van der Waals surface area (Å²) in [5.74, 6) is 0.305. The second-order valence-corrected chi connectivity index (χ2v) is 7.32. The number of carbonyl (C=O) groups is 1. The zero-order valence-electron chi connectivity index (χ0n) is 15.4. The molecule has 1 heterocycles. The Morgan fingerprint density at radius 1 is 1.03 bits per heavy atom. The highest BCUT2D eigenvalue weighted by atomic mass is 79.9. The zero-order chi connectivity index (χ0) is 20.1. The Morgan fingerprint density at radius 3 is 2.59 bits per heavy atom. The van der Waals surface area contributed by atoms with Crippen LogP contribution in [0.15, 0.2) is 88.6 Å². The zero-order valence-corrected chi connectivity index (χ0v) is 17.0. The molecule has 0 radical (unpaired) electrons. The highest BCUT2D eigenvalue weighted by molar-refractivity contribution is 9.10. The van der Waals surface area contributed by atoms with Gasteiger partial charge in [-0.05, 0) is 41.5 Å². The maximum atomic E-state index is 12.0. The van der Waals surface area contributed by atoms with Gasteiger partial charge in [-0.2, -0.15) is 5.10 Å². The van der Waals surface area contributed by atoms with E-state index in [1.54, 1.807) is 6.21 Å². The van der Waals surface area contributed by atoms with Crippen LogP contribution in [0.2, 0.25) is 0 Å². The number of aromatic amines is 1. The first-order valence-corrected chi connectivity index (χ1v) is 9.85. The number of amides is 1. The summed E-state index contributed by atoms with van der Waals surface area (Å²) in [7, 11) is 0. The first kappa shape index (κ1) is 19.0. The molecule has 5 nitrogen and oxygen atoms in total. The molecule has 2 N–H and O–H groups in total. The largest absolute Gasteiger partial charge is 0.484 e. The fourth-order valence-electron chi connectivity index (χ4n) is 2.95. The lowest BCUT2D eigenvalue weighted by Crippen LogP contribution is -2.24. The molecule has 0 saturated heterocycles. The van der Waals surface area contributed by atoms with Crippen LogP contribution in [0.1, 0.15) is 5.56 Å². The molecule has 0 aliphatic heterocycles. The van der Waals surface area contributed by atoms with E-state index < -0.39 is 0 Å².